The molecule has 0 saturated heterocycles. The molecule has 0 saturated carbocycles. The molecule has 0 rings (SSSR count). The first-order valence-electron chi connectivity index (χ1n) is 6.06. The second-order valence-electron chi connectivity index (χ2n) is 3.81. The van der Waals surface area contributed by atoms with E-state index in [0.29, 0.717) is 0 Å². The SMILES string of the molecule is CCCCN(CCCC)C(CC)O[C]=O. The van der Waals surface area contributed by atoms with Crippen molar-refractivity contribution in [3.8, 4) is 0 Å². The van der Waals surface area contributed by atoms with Crippen LogP contribution in [0, 0.1) is 0 Å². The first-order valence-corrected chi connectivity index (χ1v) is 6.06. The summed E-state index contributed by atoms with van der Waals surface area (Å²) < 4.78 is 4.97. The highest BCUT2D eigenvalue weighted by molar-refractivity contribution is 5.38. The smallest absolute Gasteiger partial charge is 0.419 e. The number of ether oxygens (including phenoxy) is 1. The Kier molecular flexibility index (Phi) is 9.59. The van der Waals surface area contributed by atoms with E-state index in [9.17, 15) is 4.79 Å². The van der Waals surface area contributed by atoms with Crippen molar-refractivity contribution < 1.29 is 9.53 Å². The van der Waals surface area contributed by atoms with E-state index in [4.69, 9.17) is 4.74 Å². The van der Waals surface area contributed by atoms with Crippen LogP contribution in [-0.4, -0.2) is 30.7 Å². The minimum absolute atomic E-state index is 0.0828. The molecule has 89 valence electrons. The second kappa shape index (κ2) is 9.97. The Hall–Kier alpha value is -0.570. The van der Waals surface area contributed by atoms with Crippen LogP contribution >= 0.6 is 0 Å². The predicted octanol–water partition coefficient (Wildman–Crippen LogP) is 2.71. The number of unbranched alkanes of at least 4 members (excludes halogenated alkanes) is 2. The van der Waals surface area contributed by atoms with E-state index in [0.717, 1.165) is 32.4 Å². The molecule has 0 aliphatic rings. The maximum atomic E-state index is 10.3. The molecule has 0 N–H and O–H groups in total. The van der Waals surface area contributed by atoms with Crippen molar-refractivity contribution >= 4 is 6.47 Å². The van der Waals surface area contributed by atoms with Crippen LogP contribution in [0.25, 0.3) is 0 Å². The highest BCUT2D eigenvalue weighted by atomic mass is 16.5. The lowest BCUT2D eigenvalue weighted by molar-refractivity contribution is 0.00844. The van der Waals surface area contributed by atoms with E-state index < -0.39 is 0 Å². The van der Waals surface area contributed by atoms with Crippen LogP contribution in [0.1, 0.15) is 52.9 Å². The summed E-state index contributed by atoms with van der Waals surface area (Å²) >= 11 is 0. The molecule has 0 aromatic rings. The molecule has 0 heterocycles. The van der Waals surface area contributed by atoms with Crippen molar-refractivity contribution in [1.82, 2.24) is 4.90 Å². The Morgan fingerprint density at radius 2 is 1.67 bits per heavy atom. The Morgan fingerprint density at radius 3 is 2.00 bits per heavy atom. The number of nitrogens with zero attached hydrogens (tertiary/aromatic N) is 1. The normalized spacial score (nSPS) is 12.8. The lowest BCUT2D eigenvalue weighted by atomic mass is 10.2. The molecule has 0 bridgehead atoms. The molecule has 0 amide bonds. The van der Waals surface area contributed by atoms with Crippen LogP contribution in [-0.2, 0) is 9.53 Å². The molecule has 0 spiro atoms. The van der Waals surface area contributed by atoms with Crippen LogP contribution in [0.2, 0.25) is 0 Å². The molecular weight excluding hydrogens is 190 g/mol. The van der Waals surface area contributed by atoms with Gasteiger partial charge in [0.05, 0.1) is 0 Å². The number of carbonyl (C=O) groups excluding carboxylic acids is 1. The lowest BCUT2D eigenvalue weighted by Crippen LogP contribution is -2.38. The molecule has 0 fully saturated rings. The Bertz CT molecular complexity index is 143. The van der Waals surface area contributed by atoms with Gasteiger partial charge in [0.1, 0.15) is 0 Å². The van der Waals surface area contributed by atoms with E-state index >= 15 is 0 Å². The van der Waals surface area contributed by atoms with Gasteiger partial charge in [-0.3, -0.25) is 4.90 Å². The third-order valence-corrected chi connectivity index (χ3v) is 2.54. The molecule has 0 aliphatic heterocycles. The topological polar surface area (TPSA) is 29.5 Å². The molecule has 0 aromatic carbocycles. The highest BCUT2D eigenvalue weighted by Crippen LogP contribution is 2.08. The third kappa shape index (κ3) is 6.50. The zero-order valence-electron chi connectivity index (χ0n) is 10.3. The first kappa shape index (κ1) is 14.4. The van der Waals surface area contributed by atoms with Crippen LogP contribution in [0.4, 0.5) is 0 Å². The Labute approximate surface area is 93.8 Å². The zero-order valence-corrected chi connectivity index (χ0v) is 10.3. The van der Waals surface area contributed by atoms with Crippen LogP contribution in [0.15, 0.2) is 0 Å². The molecule has 0 aliphatic carbocycles. The summed E-state index contributed by atoms with van der Waals surface area (Å²) in [7, 11) is 0. The summed E-state index contributed by atoms with van der Waals surface area (Å²) in [5, 5.41) is 0. The summed E-state index contributed by atoms with van der Waals surface area (Å²) in [4.78, 5) is 12.5. The summed E-state index contributed by atoms with van der Waals surface area (Å²) in [5.41, 5.74) is 0. The van der Waals surface area contributed by atoms with Gasteiger partial charge in [-0.15, -0.1) is 0 Å². The van der Waals surface area contributed by atoms with Gasteiger partial charge in [0.25, 0.3) is 0 Å². The molecule has 0 aromatic heterocycles. The quantitative estimate of drug-likeness (QED) is 0.524. The van der Waals surface area contributed by atoms with Crippen LogP contribution in [0.3, 0.4) is 0 Å². The standard InChI is InChI=1S/C12H24NO2/c1-4-7-9-13(10-8-5-2)12(6-3)15-11-14/h12H,4-10H2,1-3H3. The fourth-order valence-electron chi connectivity index (χ4n) is 1.59. The van der Waals surface area contributed by atoms with Gasteiger partial charge in [-0.2, -0.15) is 0 Å². The van der Waals surface area contributed by atoms with Gasteiger partial charge >= 0.3 is 6.47 Å². The van der Waals surface area contributed by atoms with Crippen LogP contribution < -0.4 is 0 Å². The van der Waals surface area contributed by atoms with Gasteiger partial charge in [0, 0.05) is 13.1 Å². The van der Waals surface area contributed by atoms with E-state index in [2.05, 4.69) is 18.7 Å². The third-order valence-electron chi connectivity index (χ3n) is 2.54. The van der Waals surface area contributed by atoms with E-state index in [-0.39, 0.29) is 6.23 Å². The van der Waals surface area contributed by atoms with Gasteiger partial charge in [-0.05, 0) is 19.3 Å². The van der Waals surface area contributed by atoms with Crippen LogP contribution in [0.5, 0.6) is 0 Å². The summed E-state index contributed by atoms with van der Waals surface area (Å²) in [6.07, 6.45) is 5.40. The maximum absolute atomic E-state index is 10.3. The minimum atomic E-state index is -0.0828. The van der Waals surface area contributed by atoms with E-state index in [1.807, 2.05) is 6.92 Å². The van der Waals surface area contributed by atoms with Crippen molar-refractivity contribution in [2.45, 2.75) is 59.1 Å². The van der Waals surface area contributed by atoms with Gasteiger partial charge in [0.2, 0.25) is 0 Å². The molecular formula is C12H24NO2. The van der Waals surface area contributed by atoms with Gasteiger partial charge in [-0.25, -0.2) is 4.79 Å². The summed E-state index contributed by atoms with van der Waals surface area (Å²) in [6, 6.07) is 0. The van der Waals surface area contributed by atoms with Gasteiger partial charge in [-0.1, -0.05) is 33.6 Å². The number of rotatable bonds is 10. The number of hydrogen-bond acceptors (Lipinski definition) is 3. The average Bonchev–Trinajstić information content (AvgIpc) is 2.27. The Morgan fingerprint density at radius 1 is 1.13 bits per heavy atom. The summed E-state index contributed by atoms with van der Waals surface area (Å²) in [6.45, 7) is 9.96. The molecule has 3 heteroatoms. The van der Waals surface area contributed by atoms with Gasteiger partial charge < -0.3 is 4.74 Å². The first-order chi connectivity index (χ1) is 7.29. The second-order valence-corrected chi connectivity index (χ2v) is 3.81. The zero-order chi connectivity index (χ0) is 11.5. The van der Waals surface area contributed by atoms with E-state index in [1.54, 1.807) is 6.47 Å². The molecule has 3 nitrogen and oxygen atoms in total. The molecule has 1 radical (unpaired) electrons. The lowest BCUT2D eigenvalue weighted by Gasteiger charge is -2.28. The van der Waals surface area contributed by atoms with Crippen molar-refractivity contribution in [2.75, 3.05) is 13.1 Å². The van der Waals surface area contributed by atoms with Crippen molar-refractivity contribution in [2.24, 2.45) is 0 Å². The largest absolute Gasteiger partial charge is 0.438 e. The fraction of sp³-hybridized carbons (Fsp3) is 0.917. The predicted molar refractivity (Wildman–Crippen MR) is 62.2 cm³/mol. The van der Waals surface area contributed by atoms with Crippen molar-refractivity contribution in [1.29, 1.82) is 0 Å². The van der Waals surface area contributed by atoms with Crippen molar-refractivity contribution in [3.63, 3.8) is 0 Å². The van der Waals surface area contributed by atoms with Gasteiger partial charge in [0.15, 0.2) is 6.23 Å². The molecule has 15 heavy (non-hydrogen) atoms. The maximum Gasteiger partial charge on any atom is 0.419 e. The van der Waals surface area contributed by atoms with E-state index in [1.165, 1.54) is 12.8 Å². The molecule has 1 atom stereocenters. The Balaban J connectivity index is 4.08. The minimum Gasteiger partial charge on any atom is -0.438 e. The summed E-state index contributed by atoms with van der Waals surface area (Å²) in [5.74, 6) is 0. The number of hydrogen-bond donors (Lipinski definition) is 0. The highest BCUT2D eigenvalue weighted by Gasteiger charge is 2.16. The van der Waals surface area contributed by atoms with Crippen molar-refractivity contribution in [3.05, 3.63) is 0 Å². The average molecular weight is 214 g/mol. The molecule has 1 unspecified atom stereocenters. The monoisotopic (exact) mass is 214 g/mol. The fourth-order valence-corrected chi connectivity index (χ4v) is 1.59.